The summed E-state index contributed by atoms with van der Waals surface area (Å²) in [5.74, 6) is -1.23. The standard InChI is InChI=1S/C19H18N4O3/c1-12-3-4-13(2)23(12)17-7-14(5-6-16(17)19(25)26)18(24)10-20-8-15-9-21-11-22-15/h3-9,11H,10H2,1-2H3,(H,21,22)(H,25,26). The number of hydrogen-bond donors (Lipinski definition) is 2. The number of H-pyrrole nitrogens is 1. The van der Waals surface area contributed by atoms with Crippen molar-refractivity contribution in [3.63, 3.8) is 0 Å². The van der Waals surface area contributed by atoms with Crippen LogP contribution in [0.1, 0.15) is 37.8 Å². The third-order valence-corrected chi connectivity index (χ3v) is 4.05. The molecule has 0 saturated heterocycles. The van der Waals surface area contributed by atoms with Crippen LogP contribution in [0.15, 0.2) is 47.8 Å². The molecule has 3 rings (SSSR count). The number of nitrogens with zero attached hydrogens (tertiary/aromatic N) is 3. The molecule has 1 aromatic carbocycles. The van der Waals surface area contributed by atoms with Gasteiger partial charge < -0.3 is 14.7 Å². The lowest BCUT2D eigenvalue weighted by Crippen LogP contribution is -2.11. The smallest absolute Gasteiger partial charge is 0.337 e. The topological polar surface area (TPSA) is 100 Å². The van der Waals surface area contributed by atoms with Crippen LogP contribution in [0.2, 0.25) is 0 Å². The number of carbonyl (C=O) groups is 2. The summed E-state index contributed by atoms with van der Waals surface area (Å²) in [6.45, 7) is 3.75. The van der Waals surface area contributed by atoms with Crippen LogP contribution in [0.4, 0.5) is 0 Å². The highest BCUT2D eigenvalue weighted by atomic mass is 16.4. The molecule has 0 atom stereocenters. The van der Waals surface area contributed by atoms with E-state index in [9.17, 15) is 14.7 Å². The van der Waals surface area contributed by atoms with E-state index in [0.29, 0.717) is 16.9 Å². The van der Waals surface area contributed by atoms with E-state index in [-0.39, 0.29) is 17.9 Å². The first-order valence-corrected chi connectivity index (χ1v) is 8.01. The number of hydrogen-bond acceptors (Lipinski definition) is 4. The molecule has 2 heterocycles. The maximum absolute atomic E-state index is 12.4. The quantitative estimate of drug-likeness (QED) is 0.527. The zero-order valence-corrected chi connectivity index (χ0v) is 14.4. The van der Waals surface area contributed by atoms with Gasteiger partial charge in [-0.3, -0.25) is 9.79 Å². The predicted molar refractivity (Wildman–Crippen MR) is 97.6 cm³/mol. The molecule has 0 fully saturated rings. The number of benzene rings is 1. The van der Waals surface area contributed by atoms with Crippen LogP contribution in [0, 0.1) is 13.8 Å². The van der Waals surface area contributed by atoms with Gasteiger partial charge in [-0.15, -0.1) is 0 Å². The van der Waals surface area contributed by atoms with Gasteiger partial charge in [0.15, 0.2) is 5.78 Å². The highest BCUT2D eigenvalue weighted by Gasteiger charge is 2.17. The molecule has 2 N–H and O–H groups in total. The van der Waals surface area contributed by atoms with E-state index in [4.69, 9.17) is 0 Å². The summed E-state index contributed by atoms with van der Waals surface area (Å²) in [6, 6.07) is 8.41. The second-order valence-corrected chi connectivity index (χ2v) is 5.89. The third-order valence-electron chi connectivity index (χ3n) is 4.05. The lowest BCUT2D eigenvalue weighted by Gasteiger charge is -2.14. The predicted octanol–water partition coefficient (Wildman–Crippen LogP) is 2.82. The number of carbonyl (C=O) groups excluding carboxylic acids is 1. The molecule has 0 radical (unpaired) electrons. The largest absolute Gasteiger partial charge is 0.478 e. The van der Waals surface area contributed by atoms with Crippen LogP contribution in [0.5, 0.6) is 0 Å². The summed E-state index contributed by atoms with van der Waals surface area (Å²) in [7, 11) is 0. The number of aliphatic imine (C=N–C) groups is 1. The van der Waals surface area contributed by atoms with Crippen molar-refractivity contribution < 1.29 is 14.7 Å². The Hall–Kier alpha value is -3.48. The first-order chi connectivity index (χ1) is 12.5. The zero-order chi connectivity index (χ0) is 18.7. The first kappa shape index (κ1) is 17.3. The van der Waals surface area contributed by atoms with Crippen LogP contribution < -0.4 is 0 Å². The second-order valence-electron chi connectivity index (χ2n) is 5.89. The van der Waals surface area contributed by atoms with E-state index < -0.39 is 5.97 Å². The van der Waals surface area contributed by atoms with Crippen molar-refractivity contribution in [1.82, 2.24) is 14.5 Å². The number of imidazole rings is 1. The van der Waals surface area contributed by atoms with Gasteiger partial charge >= 0.3 is 5.97 Å². The van der Waals surface area contributed by atoms with Crippen LogP contribution in [-0.4, -0.2) is 44.2 Å². The van der Waals surface area contributed by atoms with E-state index >= 15 is 0 Å². The molecule has 0 aliphatic carbocycles. The van der Waals surface area contributed by atoms with Crippen molar-refractivity contribution >= 4 is 18.0 Å². The number of aromatic nitrogens is 3. The van der Waals surface area contributed by atoms with Gasteiger partial charge in [-0.1, -0.05) is 6.07 Å². The first-order valence-electron chi connectivity index (χ1n) is 8.01. The number of carboxylic acid groups (broad SMARTS) is 1. The molecule has 7 heteroatoms. The average Bonchev–Trinajstić information content (AvgIpc) is 3.24. The molecular weight excluding hydrogens is 332 g/mol. The minimum atomic E-state index is -1.04. The van der Waals surface area contributed by atoms with E-state index in [1.54, 1.807) is 12.3 Å². The number of ketones is 1. The average molecular weight is 350 g/mol. The molecule has 7 nitrogen and oxygen atoms in total. The van der Waals surface area contributed by atoms with E-state index in [1.165, 1.54) is 24.7 Å². The Morgan fingerprint density at radius 2 is 1.96 bits per heavy atom. The van der Waals surface area contributed by atoms with Gasteiger partial charge in [-0.05, 0) is 38.1 Å². The van der Waals surface area contributed by atoms with Gasteiger partial charge in [0.25, 0.3) is 0 Å². The van der Waals surface area contributed by atoms with Gasteiger partial charge in [0, 0.05) is 23.2 Å². The van der Waals surface area contributed by atoms with Crippen molar-refractivity contribution in [2.75, 3.05) is 6.54 Å². The van der Waals surface area contributed by atoms with Crippen molar-refractivity contribution in [3.05, 3.63) is 71.1 Å². The highest BCUT2D eigenvalue weighted by Crippen LogP contribution is 2.22. The lowest BCUT2D eigenvalue weighted by atomic mass is 10.1. The van der Waals surface area contributed by atoms with Crippen LogP contribution >= 0.6 is 0 Å². The summed E-state index contributed by atoms with van der Waals surface area (Å²) in [5, 5.41) is 9.49. The summed E-state index contributed by atoms with van der Waals surface area (Å²) >= 11 is 0. The molecule has 2 aromatic heterocycles. The fourth-order valence-electron chi connectivity index (χ4n) is 2.77. The summed E-state index contributed by atoms with van der Waals surface area (Å²) in [6.07, 6.45) is 4.67. The van der Waals surface area contributed by atoms with E-state index in [1.807, 2.05) is 30.5 Å². The van der Waals surface area contributed by atoms with Gasteiger partial charge in [-0.2, -0.15) is 0 Å². The molecule has 0 aliphatic rings. The molecule has 3 aromatic rings. The second kappa shape index (κ2) is 7.18. The number of rotatable bonds is 6. The Bertz CT molecular complexity index is 965. The Morgan fingerprint density at radius 3 is 2.58 bits per heavy atom. The zero-order valence-electron chi connectivity index (χ0n) is 14.4. The molecule has 0 aliphatic heterocycles. The number of carboxylic acids is 1. The van der Waals surface area contributed by atoms with Gasteiger partial charge in [0.1, 0.15) is 6.54 Å². The number of aromatic amines is 1. The molecule has 0 spiro atoms. The Kier molecular flexibility index (Phi) is 4.79. The molecule has 0 saturated carbocycles. The molecular formula is C19H18N4O3. The summed E-state index contributed by atoms with van der Waals surface area (Å²) in [4.78, 5) is 34.9. The molecule has 0 amide bonds. The number of aromatic carboxylic acids is 1. The van der Waals surface area contributed by atoms with E-state index in [0.717, 1.165) is 11.4 Å². The molecule has 26 heavy (non-hydrogen) atoms. The van der Waals surface area contributed by atoms with Crippen LogP contribution in [-0.2, 0) is 0 Å². The van der Waals surface area contributed by atoms with Crippen LogP contribution in [0.25, 0.3) is 5.69 Å². The van der Waals surface area contributed by atoms with Crippen molar-refractivity contribution in [1.29, 1.82) is 0 Å². The van der Waals surface area contributed by atoms with Gasteiger partial charge in [0.2, 0.25) is 0 Å². The maximum atomic E-state index is 12.4. The van der Waals surface area contributed by atoms with Crippen LogP contribution in [0.3, 0.4) is 0 Å². The fraction of sp³-hybridized carbons (Fsp3) is 0.158. The Balaban J connectivity index is 1.93. The van der Waals surface area contributed by atoms with Crippen molar-refractivity contribution in [3.8, 4) is 5.69 Å². The summed E-state index contributed by atoms with van der Waals surface area (Å²) < 4.78 is 1.83. The van der Waals surface area contributed by atoms with Gasteiger partial charge in [-0.25, -0.2) is 9.78 Å². The normalized spacial score (nSPS) is 11.2. The SMILES string of the molecule is Cc1ccc(C)n1-c1cc(C(=O)CN=Cc2cnc[nH]2)ccc1C(=O)O. The van der Waals surface area contributed by atoms with E-state index in [2.05, 4.69) is 15.0 Å². The van der Waals surface area contributed by atoms with Gasteiger partial charge in [0.05, 0.1) is 29.5 Å². The lowest BCUT2D eigenvalue weighted by molar-refractivity contribution is 0.0696. The third kappa shape index (κ3) is 3.46. The Morgan fingerprint density at radius 1 is 1.23 bits per heavy atom. The minimum absolute atomic E-state index is 0.0332. The highest BCUT2D eigenvalue weighted by molar-refractivity contribution is 6.01. The molecule has 0 bridgehead atoms. The fourth-order valence-corrected chi connectivity index (χ4v) is 2.77. The summed E-state index contributed by atoms with van der Waals surface area (Å²) in [5.41, 5.74) is 3.53. The monoisotopic (exact) mass is 350 g/mol. The van der Waals surface area contributed by atoms with Crippen molar-refractivity contribution in [2.24, 2.45) is 4.99 Å². The maximum Gasteiger partial charge on any atom is 0.337 e. The number of nitrogens with one attached hydrogen (secondary N) is 1. The Labute approximate surface area is 150 Å². The molecule has 132 valence electrons. The van der Waals surface area contributed by atoms with Crippen molar-refractivity contribution in [2.45, 2.75) is 13.8 Å². The minimum Gasteiger partial charge on any atom is -0.478 e. The number of Topliss-reactive ketones (excluding diaryl/α,β-unsaturated/α-hetero) is 1. The number of aryl methyl sites for hydroxylation is 2. The molecule has 0 unspecified atom stereocenters.